The number of nitrogens with one attached hydrogen (secondary N) is 1. The third-order valence-electron chi connectivity index (χ3n) is 7.23. The Hall–Kier alpha value is -2.40. The Morgan fingerprint density at radius 2 is 2.00 bits per heavy atom. The lowest BCUT2D eigenvalue weighted by Crippen LogP contribution is -2.47. The second kappa shape index (κ2) is 8.62. The lowest BCUT2D eigenvalue weighted by Gasteiger charge is -2.43. The van der Waals surface area contributed by atoms with Crippen molar-refractivity contribution in [2.75, 3.05) is 46.3 Å². The van der Waals surface area contributed by atoms with Gasteiger partial charge in [-0.2, -0.15) is 5.26 Å². The molecular formula is C24H32N6O. The molecule has 0 saturated carbocycles. The highest BCUT2D eigenvalue weighted by Gasteiger charge is 2.35. The zero-order chi connectivity index (χ0) is 21.4. The van der Waals surface area contributed by atoms with E-state index < -0.39 is 0 Å². The van der Waals surface area contributed by atoms with Gasteiger partial charge in [0.15, 0.2) is 0 Å². The molecule has 0 aliphatic carbocycles. The zero-order valence-electron chi connectivity index (χ0n) is 18.4. The molecule has 0 unspecified atom stereocenters. The van der Waals surface area contributed by atoms with E-state index in [2.05, 4.69) is 49.5 Å². The number of pyridine rings is 1. The largest absolute Gasteiger partial charge is 0.353 e. The van der Waals surface area contributed by atoms with Crippen LogP contribution in [0.2, 0.25) is 0 Å². The van der Waals surface area contributed by atoms with Gasteiger partial charge in [0.1, 0.15) is 11.8 Å². The maximum Gasteiger partial charge on any atom is 0.255 e. The lowest BCUT2D eigenvalue weighted by atomic mass is 9.83. The number of hydrogen-bond donors (Lipinski definition) is 1. The van der Waals surface area contributed by atoms with Crippen LogP contribution in [0.15, 0.2) is 29.2 Å². The van der Waals surface area contributed by atoms with Gasteiger partial charge in [0, 0.05) is 69.2 Å². The fourth-order valence-electron chi connectivity index (χ4n) is 5.69. The summed E-state index contributed by atoms with van der Waals surface area (Å²) in [6, 6.07) is 8.41. The van der Waals surface area contributed by atoms with Crippen molar-refractivity contribution in [3.8, 4) is 6.07 Å². The fraction of sp³-hybridized carbons (Fsp3) is 0.583. The first kappa shape index (κ1) is 20.5. The first-order chi connectivity index (χ1) is 15.1. The van der Waals surface area contributed by atoms with Crippen LogP contribution in [0.4, 0.5) is 0 Å². The van der Waals surface area contributed by atoms with Crippen molar-refractivity contribution in [3.05, 3.63) is 57.3 Å². The van der Waals surface area contributed by atoms with Crippen molar-refractivity contribution in [1.82, 2.24) is 24.3 Å². The molecule has 5 rings (SSSR count). The number of aromatic nitrogens is 2. The first-order valence-electron chi connectivity index (χ1n) is 11.5. The highest BCUT2D eigenvalue weighted by Crippen LogP contribution is 2.35. The predicted octanol–water partition coefficient (Wildman–Crippen LogP) is 1.80. The zero-order valence-corrected chi connectivity index (χ0v) is 18.4. The van der Waals surface area contributed by atoms with Crippen molar-refractivity contribution in [3.63, 3.8) is 0 Å². The smallest absolute Gasteiger partial charge is 0.255 e. The summed E-state index contributed by atoms with van der Waals surface area (Å²) in [6.45, 7) is 8.75. The summed E-state index contributed by atoms with van der Waals surface area (Å²) in [5.74, 6) is 0.927. The predicted molar refractivity (Wildman–Crippen MR) is 120 cm³/mol. The summed E-state index contributed by atoms with van der Waals surface area (Å²) in [5, 5.41) is 9.04. The number of nitrogens with zero attached hydrogens (tertiary/aromatic N) is 5. The molecule has 5 heterocycles. The maximum absolute atomic E-state index is 13.4. The van der Waals surface area contributed by atoms with Crippen LogP contribution in [0.5, 0.6) is 0 Å². The van der Waals surface area contributed by atoms with E-state index in [0.29, 0.717) is 17.5 Å². The average molecular weight is 421 g/mol. The van der Waals surface area contributed by atoms with Gasteiger partial charge in [-0.25, -0.2) is 0 Å². The molecule has 7 nitrogen and oxygen atoms in total. The van der Waals surface area contributed by atoms with Crippen molar-refractivity contribution >= 4 is 0 Å². The van der Waals surface area contributed by atoms with Crippen molar-refractivity contribution in [1.29, 1.82) is 5.26 Å². The van der Waals surface area contributed by atoms with Gasteiger partial charge in [-0.3, -0.25) is 14.6 Å². The van der Waals surface area contributed by atoms with Crippen LogP contribution < -0.4 is 5.56 Å². The van der Waals surface area contributed by atoms with E-state index in [0.717, 1.165) is 70.0 Å². The molecule has 0 radical (unpaired) electrons. The summed E-state index contributed by atoms with van der Waals surface area (Å²) in [5.41, 5.74) is 4.15. The third kappa shape index (κ3) is 4.33. The summed E-state index contributed by atoms with van der Waals surface area (Å²) in [6.07, 6.45) is 4.28. The summed E-state index contributed by atoms with van der Waals surface area (Å²) < 4.78 is 2.08. The number of H-pyrrole nitrogens is 1. The first-order valence-corrected chi connectivity index (χ1v) is 11.5. The minimum Gasteiger partial charge on any atom is -0.353 e. The van der Waals surface area contributed by atoms with Gasteiger partial charge >= 0.3 is 0 Å². The standard InChI is InChI=1S/C24H32N6O/c1-27-5-2-6-28(8-7-27)16-20-3-4-23-21-9-19(15-30(23)24(20)31)14-29(17-21)13-18-10-22(11-25)26-12-18/h3-4,10,12,19,21,26H,2,5-9,13-17H2,1H3/t19-,21+/m0/s1. The molecule has 0 amide bonds. The molecule has 3 aliphatic rings. The average Bonchev–Trinajstić information content (AvgIpc) is 3.11. The summed E-state index contributed by atoms with van der Waals surface area (Å²) in [7, 11) is 2.18. The molecule has 2 aromatic heterocycles. The van der Waals surface area contributed by atoms with Gasteiger partial charge < -0.3 is 14.5 Å². The van der Waals surface area contributed by atoms with Gasteiger partial charge in [-0.05, 0) is 56.6 Å². The highest BCUT2D eigenvalue weighted by atomic mass is 16.1. The normalized spacial score (nSPS) is 25.0. The number of likely N-dealkylation sites (N-methyl/N-ethyl adjacent to an activating group) is 1. The quantitative estimate of drug-likeness (QED) is 0.817. The van der Waals surface area contributed by atoms with Crippen molar-refractivity contribution < 1.29 is 0 Å². The number of hydrogen-bond acceptors (Lipinski definition) is 5. The molecule has 3 aliphatic heterocycles. The topological polar surface area (TPSA) is 71.3 Å². The van der Waals surface area contributed by atoms with Gasteiger partial charge in [0.05, 0.1) is 0 Å². The second-order valence-corrected chi connectivity index (χ2v) is 9.66. The Kier molecular flexibility index (Phi) is 5.70. The maximum atomic E-state index is 13.4. The van der Waals surface area contributed by atoms with E-state index in [-0.39, 0.29) is 5.56 Å². The number of fused-ring (bicyclic) bond motifs is 4. The molecule has 2 saturated heterocycles. The molecule has 0 aromatic carbocycles. The van der Waals surface area contributed by atoms with Gasteiger partial charge in [0.25, 0.3) is 5.56 Å². The Balaban J connectivity index is 1.30. The van der Waals surface area contributed by atoms with Crippen LogP contribution in [0.1, 0.15) is 41.3 Å². The van der Waals surface area contributed by atoms with Crippen LogP contribution in [-0.2, 0) is 19.6 Å². The van der Waals surface area contributed by atoms with Crippen LogP contribution in [0.25, 0.3) is 0 Å². The Labute approximate surface area is 183 Å². The van der Waals surface area contributed by atoms with Crippen LogP contribution >= 0.6 is 0 Å². The fourth-order valence-corrected chi connectivity index (χ4v) is 5.69. The number of aromatic amines is 1. The SMILES string of the molecule is CN1CCCN(Cc2ccc3n(c2=O)C[C@H]2C[C@@H]3CN(Cc3c[nH]c(C#N)c3)C2)CC1. The molecule has 2 bridgehead atoms. The molecule has 2 fully saturated rings. The molecule has 164 valence electrons. The van der Waals surface area contributed by atoms with Crippen LogP contribution in [-0.4, -0.2) is 70.6 Å². The molecule has 2 aromatic rings. The minimum absolute atomic E-state index is 0.225. The van der Waals surface area contributed by atoms with Crippen LogP contribution in [0, 0.1) is 17.2 Å². The Bertz CT molecular complexity index is 1030. The molecule has 7 heteroatoms. The molecule has 0 spiro atoms. The number of rotatable bonds is 4. The van der Waals surface area contributed by atoms with E-state index >= 15 is 0 Å². The van der Waals surface area contributed by atoms with E-state index in [1.54, 1.807) is 0 Å². The molecular weight excluding hydrogens is 388 g/mol. The van der Waals surface area contributed by atoms with Crippen LogP contribution in [0.3, 0.4) is 0 Å². The minimum atomic E-state index is 0.225. The lowest BCUT2D eigenvalue weighted by molar-refractivity contribution is 0.114. The number of likely N-dealkylation sites (tertiary alicyclic amines) is 1. The number of nitriles is 1. The highest BCUT2D eigenvalue weighted by molar-refractivity contribution is 5.27. The second-order valence-electron chi connectivity index (χ2n) is 9.66. The van der Waals surface area contributed by atoms with E-state index in [9.17, 15) is 4.79 Å². The van der Waals surface area contributed by atoms with Crippen molar-refractivity contribution in [2.45, 2.75) is 38.4 Å². The monoisotopic (exact) mass is 420 g/mol. The summed E-state index contributed by atoms with van der Waals surface area (Å²) >= 11 is 0. The Morgan fingerprint density at radius 3 is 2.84 bits per heavy atom. The van der Waals surface area contributed by atoms with Crippen molar-refractivity contribution in [2.24, 2.45) is 5.92 Å². The van der Waals surface area contributed by atoms with E-state index in [4.69, 9.17) is 5.26 Å². The Morgan fingerprint density at radius 1 is 1.10 bits per heavy atom. The molecule has 1 N–H and O–H groups in total. The van der Waals surface area contributed by atoms with E-state index in [1.807, 2.05) is 12.3 Å². The summed E-state index contributed by atoms with van der Waals surface area (Å²) in [4.78, 5) is 23.7. The molecule has 2 atom stereocenters. The van der Waals surface area contributed by atoms with Gasteiger partial charge in [-0.1, -0.05) is 6.07 Å². The molecule has 31 heavy (non-hydrogen) atoms. The van der Waals surface area contributed by atoms with Gasteiger partial charge in [0.2, 0.25) is 0 Å². The third-order valence-corrected chi connectivity index (χ3v) is 7.23. The van der Waals surface area contributed by atoms with Gasteiger partial charge in [-0.15, -0.1) is 0 Å². The number of piperidine rings is 1. The van der Waals surface area contributed by atoms with E-state index in [1.165, 1.54) is 18.5 Å².